The van der Waals surface area contributed by atoms with E-state index in [-0.39, 0.29) is 12.0 Å². The lowest BCUT2D eigenvalue weighted by Gasteiger charge is -2.26. The van der Waals surface area contributed by atoms with Crippen LogP contribution in [0, 0.1) is 5.41 Å². The highest BCUT2D eigenvalue weighted by Crippen LogP contribution is 2.15. The summed E-state index contributed by atoms with van der Waals surface area (Å²) in [5.41, 5.74) is 0.00934. The molecule has 1 fully saturated rings. The van der Waals surface area contributed by atoms with Gasteiger partial charge < -0.3 is 15.3 Å². The number of hydrogen-bond acceptors (Lipinski definition) is 3. The van der Waals surface area contributed by atoms with E-state index in [2.05, 4.69) is 31.0 Å². The van der Waals surface area contributed by atoms with Gasteiger partial charge in [0.25, 0.3) is 0 Å². The first-order chi connectivity index (χ1) is 8.07. The molecule has 1 aliphatic rings. The van der Waals surface area contributed by atoms with Crippen LogP contribution in [0.15, 0.2) is 0 Å². The third-order valence-corrected chi connectivity index (χ3v) is 3.66. The molecule has 102 valence electrons. The van der Waals surface area contributed by atoms with Crippen LogP contribution in [0.25, 0.3) is 0 Å². The number of hydrogen-bond donors (Lipinski definition) is 2. The van der Waals surface area contributed by atoms with Gasteiger partial charge in [0.2, 0.25) is 0 Å². The topological polar surface area (TPSA) is 35.5 Å². The maximum Gasteiger partial charge on any atom is 0.0494 e. The molecular weight excluding hydrogens is 212 g/mol. The molecule has 3 nitrogen and oxygen atoms in total. The highest BCUT2D eigenvalue weighted by Gasteiger charge is 2.20. The molecule has 1 heterocycles. The van der Waals surface area contributed by atoms with Crippen LogP contribution in [-0.2, 0) is 0 Å². The fraction of sp³-hybridized carbons (Fsp3) is 1.00. The van der Waals surface area contributed by atoms with Gasteiger partial charge in [-0.2, -0.15) is 0 Å². The molecule has 0 aromatic rings. The standard InChI is InChI=1S/C14H30N2O/c1-4-8-16-9-5-6-13(7-10-16)15-11-14(2,3)12-17/h13,15,17H,4-12H2,1-3H3. The molecule has 0 radical (unpaired) electrons. The maximum atomic E-state index is 9.24. The van der Waals surface area contributed by atoms with Crippen molar-refractivity contribution in [2.24, 2.45) is 5.41 Å². The predicted octanol–water partition coefficient (Wildman–Crippen LogP) is 1.86. The van der Waals surface area contributed by atoms with Gasteiger partial charge in [0.15, 0.2) is 0 Å². The van der Waals surface area contributed by atoms with Gasteiger partial charge in [-0.25, -0.2) is 0 Å². The molecule has 2 N–H and O–H groups in total. The molecule has 0 saturated carbocycles. The van der Waals surface area contributed by atoms with Gasteiger partial charge in [-0.1, -0.05) is 20.8 Å². The fourth-order valence-corrected chi connectivity index (χ4v) is 2.38. The molecule has 3 heteroatoms. The lowest BCUT2D eigenvalue weighted by molar-refractivity contribution is 0.152. The summed E-state index contributed by atoms with van der Waals surface area (Å²) in [6, 6.07) is 0.641. The average Bonchev–Trinajstić information content (AvgIpc) is 2.53. The van der Waals surface area contributed by atoms with Crippen molar-refractivity contribution in [2.75, 3.05) is 32.8 Å². The van der Waals surface area contributed by atoms with Crippen LogP contribution in [0.2, 0.25) is 0 Å². The predicted molar refractivity (Wildman–Crippen MR) is 73.2 cm³/mol. The molecule has 17 heavy (non-hydrogen) atoms. The zero-order chi connectivity index (χ0) is 12.7. The van der Waals surface area contributed by atoms with E-state index in [4.69, 9.17) is 0 Å². The highest BCUT2D eigenvalue weighted by molar-refractivity contribution is 4.78. The van der Waals surface area contributed by atoms with Gasteiger partial charge in [0.1, 0.15) is 0 Å². The first-order valence-corrected chi connectivity index (χ1v) is 7.14. The average molecular weight is 242 g/mol. The van der Waals surface area contributed by atoms with E-state index in [1.165, 1.54) is 45.3 Å². The Labute approximate surface area is 107 Å². The lowest BCUT2D eigenvalue weighted by atomic mass is 9.94. The van der Waals surface area contributed by atoms with Crippen LogP contribution in [0.1, 0.15) is 46.5 Å². The van der Waals surface area contributed by atoms with Crippen molar-refractivity contribution in [1.82, 2.24) is 10.2 Å². The van der Waals surface area contributed by atoms with Gasteiger partial charge in [-0.15, -0.1) is 0 Å². The minimum atomic E-state index is 0.00934. The quantitative estimate of drug-likeness (QED) is 0.746. The Morgan fingerprint density at radius 1 is 1.29 bits per heavy atom. The highest BCUT2D eigenvalue weighted by atomic mass is 16.3. The van der Waals surface area contributed by atoms with Crippen LogP contribution in [-0.4, -0.2) is 48.8 Å². The Balaban J connectivity index is 2.27. The molecule has 1 rings (SSSR count). The van der Waals surface area contributed by atoms with E-state index >= 15 is 0 Å². The van der Waals surface area contributed by atoms with Crippen LogP contribution in [0.5, 0.6) is 0 Å². The van der Waals surface area contributed by atoms with Crippen LogP contribution in [0.4, 0.5) is 0 Å². The van der Waals surface area contributed by atoms with Crippen molar-refractivity contribution in [3.8, 4) is 0 Å². The van der Waals surface area contributed by atoms with Crippen LogP contribution >= 0.6 is 0 Å². The minimum Gasteiger partial charge on any atom is -0.396 e. The van der Waals surface area contributed by atoms with Crippen molar-refractivity contribution >= 4 is 0 Å². The number of nitrogens with one attached hydrogen (secondary N) is 1. The second-order valence-electron chi connectivity index (χ2n) is 6.17. The second-order valence-corrected chi connectivity index (χ2v) is 6.17. The Morgan fingerprint density at radius 3 is 2.71 bits per heavy atom. The largest absolute Gasteiger partial charge is 0.396 e. The van der Waals surface area contributed by atoms with Crippen molar-refractivity contribution in [1.29, 1.82) is 0 Å². The van der Waals surface area contributed by atoms with Crippen molar-refractivity contribution in [3.05, 3.63) is 0 Å². The van der Waals surface area contributed by atoms with Crippen LogP contribution in [0.3, 0.4) is 0 Å². The molecule has 1 saturated heterocycles. The second kappa shape index (κ2) is 7.34. The molecule has 0 aromatic carbocycles. The SMILES string of the molecule is CCCN1CCCC(NCC(C)(C)CO)CC1. The summed E-state index contributed by atoms with van der Waals surface area (Å²) in [6.07, 6.45) is 5.09. The van der Waals surface area contributed by atoms with E-state index in [1.54, 1.807) is 0 Å². The molecule has 0 spiro atoms. The number of nitrogens with zero attached hydrogens (tertiary/aromatic N) is 1. The Hall–Kier alpha value is -0.120. The Bertz CT molecular complexity index is 206. The normalized spacial score (nSPS) is 23.6. The molecule has 1 atom stereocenters. The third-order valence-electron chi connectivity index (χ3n) is 3.66. The first-order valence-electron chi connectivity index (χ1n) is 7.14. The zero-order valence-corrected chi connectivity index (χ0v) is 11.8. The number of aliphatic hydroxyl groups is 1. The van der Waals surface area contributed by atoms with Crippen molar-refractivity contribution in [2.45, 2.75) is 52.5 Å². The van der Waals surface area contributed by atoms with E-state index < -0.39 is 0 Å². The fourth-order valence-electron chi connectivity index (χ4n) is 2.38. The third kappa shape index (κ3) is 5.84. The summed E-state index contributed by atoms with van der Waals surface area (Å²) < 4.78 is 0. The summed E-state index contributed by atoms with van der Waals surface area (Å²) in [7, 11) is 0. The van der Waals surface area contributed by atoms with E-state index in [9.17, 15) is 5.11 Å². The van der Waals surface area contributed by atoms with Crippen molar-refractivity contribution in [3.63, 3.8) is 0 Å². The van der Waals surface area contributed by atoms with Gasteiger partial charge in [-0.05, 0) is 45.3 Å². The monoisotopic (exact) mass is 242 g/mol. The first kappa shape index (κ1) is 14.9. The van der Waals surface area contributed by atoms with Crippen LogP contribution < -0.4 is 5.32 Å². The van der Waals surface area contributed by atoms with Gasteiger partial charge >= 0.3 is 0 Å². The molecule has 0 aromatic heterocycles. The van der Waals surface area contributed by atoms with Crippen molar-refractivity contribution < 1.29 is 5.11 Å². The van der Waals surface area contributed by atoms with Gasteiger partial charge in [0.05, 0.1) is 0 Å². The summed E-state index contributed by atoms with van der Waals surface area (Å²) in [6.45, 7) is 11.4. The van der Waals surface area contributed by atoms with Gasteiger partial charge in [0, 0.05) is 24.6 Å². The smallest absolute Gasteiger partial charge is 0.0494 e. The van der Waals surface area contributed by atoms with Gasteiger partial charge in [-0.3, -0.25) is 0 Å². The Kier molecular flexibility index (Phi) is 6.45. The molecule has 1 aliphatic heterocycles. The van der Waals surface area contributed by atoms with E-state index in [0.717, 1.165) is 6.54 Å². The summed E-state index contributed by atoms with van der Waals surface area (Å²) in [4.78, 5) is 2.58. The van der Waals surface area contributed by atoms with E-state index in [0.29, 0.717) is 6.04 Å². The minimum absolute atomic E-state index is 0.00934. The number of likely N-dealkylation sites (tertiary alicyclic amines) is 1. The number of rotatable bonds is 6. The Morgan fingerprint density at radius 2 is 2.06 bits per heavy atom. The summed E-state index contributed by atoms with van der Waals surface area (Å²) >= 11 is 0. The molecule has 0 aliphatic carbocycles. The molecule has 0 bridgehead atoms. The number of aliphatic hydroxyl groups excluding tert-OH is 1. The summed E-state index contributed by atoms with van der Waals surface area (Å²) in [5, 5.41) is 12.9. The molecule has 0 amide bonds. The zero-order valence-electron chi connectivity index (χ0n) is 11.8. The lowest BCUT2D eigenvalue weighted by Crippen LogP contribution is -2.39. The maximum absolute atomic E-state index is 9.24. The molecule has 1 unspecified atom stereocenters. The molecular formula is C14H30N2O. The summed E-state index contributed by atoms with van der Waals surface area (Å²) in [5.74, 6) is 0. The van der Waals surface area contributed by atoms with E-state index in [1.807, 2.05) is 0 Å².